The molecule has 20 heavy (non-hydrogen) atoms. The number of aromatic amines is 1. The Morgan fingerprint density at radius 1 is 1.35 bits per heavy atom. The topological polar surface area (TPSA) is 93.9 Å². The van der Waals surface area contributed by atoms with Crippen molar-refractivity contribution in [1.82, 2.24) is 4.98 Å². The minimum absolute atomic E-state index is 0.265. The summed E-state index contributed by atoms with van der Waals surface area (Å²) in [5.74, 6) is -1.24. The van der Waals surface area contributed by atoms with E-state index in [0.29, 0.717) is 17.7 Å². The summed E-state index contributed by atoms with van der Waals surface area (Å²) in [6.45, 7) is 1.88. The fraction of sp³-hybridized carbons (Fsp3) is 0.133. The average molecular weight is 268 g/mol. The van der Waals surface area contributed by atoms with Crippen LogP contribution in [0.25, 0.3) is 11.3 Å². The third kappa shape index (κ3) is 2.45. The van der Waals surface area contributed by atoms with Crippen molar-refractivity contribution in [2.45, 2.75) is 13.3 Å². The van der Waals surface area contributed by atoms with Crippen LogP contribution >= 0.6 is 0 Å². The second kappa shape index (κ2) is 5.41. The van der Waals surface area contributed by atoms with E-state index in [-0.39, 0.29) is 5.56 Å². The third-order valence-electron chi connectivity index (χ3n) is 3.04. The van der Waals surface area contributed by atoms with E-state index in [9.17, 15) is 9.59 Å². The van der Waals surface area contributed by atoms with Gasteiger partial charge in [-0.2, -0.15) is 5.26 Å². The van der Waals surface area contributed by atoms with Crippen molar-refractivity contribution >= 4 is 5.97 Å². The molecule has 2 aromatic rings. The number of carboxylic acid groups (broad SMARTS) is 1. The van der Waals surface area contributed by atoms with E-state index in [2.05, 4.69) is 4.98 Å². The lowest BCUT2D eigenvalue weighted by atomic mass is 10.0. The highest BCUT2D eigenvalue weighted by atomic mass is 16.4. The van der Waals surface area contributed by atoms with Crippen LogP contribution in [0.5, 0.6) is 0 Å². The Bertz CT molecular complexity index is 752. The van der Waals surface area contributed by atoms with Crippen LogP contribution in [0.2, 0.25) is 0 Å². The van der Waals surface area contributed by atoms with Gasteiger partial charge in [0.1, 0.15) is 5.56 Å². The fourth-order valence-corrected chi connectivity index (χ4v) is 1.98. The predicted octanol–water partition coefficient (Wildman–Crippen LogP) is 2.17. The van der Waals surface area contributed by atoms with Crippen LogP contribution in [-0.4, -0.2) is 16.1 Å². The van der Waals surface area contributed by atoms with Gasteiger partial charge in [0.15, 0.2) is 0 Å². The van der Waals surface area contributed by atoms with Crippen LogP contribution in [0.15, 0.2) is 35.1 Å². The molecule has 0 spiro atoms. The van der Waals surface area contributed by atoms with Crippen molar-refractivity contribution in [3.05, 3.63) is 57.4 Å². The highest BCUT2D eigenvalue weighted by Crippen LogP contribution is 2.21. The van der Waals surface area contributed by atoms with Crippen molar-refractivity contribution < 1.29 is 9.90 Å². The van der Waals surface area contributed by atoms with E-state index < -0.39 is 11.5 Å². The minimum atomic E-state index is -1.24. The van der Waals surface area contributed by atoms with Crippen LogP contribution in [0.4, 0.5) is 0 Å². The molecule has 0 saturated heterocycles. The molecule has 2 rings (SSSR count). The fourth-order valence-electron chi connectivity index (χ4n) is 1.98. The molecule has 0 fully saturated rings. The molecular formula is C15H12N2O3. The molecule has 2 N–H and O–H groups in total. The first-order valence-electron chi connectivity index (χ1n) is 6.06. The number of nitriles is 1. The van der Waals surface area contributed by atoms with Gasteiger partial charge in [-0.15, -0.1) is 0 Å². The van der Waals surface area contributed by atoms with Gasteiger partial charge >= 0.3 is 5.97 Å². The van der Waals surface area contributed by atoms with Gasteiger partial charge in [-0.05, 0) is 35.7 Å². The maximum absolute atomic E-state index is 11.8. The largest absolute Gasteiger partial charge is 0.477 e. The molecule has 100 valence electrons. The minimum Gasteiger partial charge on any atom is -0.477 e. The predicted molar refractivity (Wildman–Crippen MR) is 73.6 cm³/mol. The average Bonchev–Trinajstić information content (AvgIpc) is 2.46. The second-order valence-corrected chi connectivity index (χ2v) is 4.26. The molecule has 0 saturated carbocycles. The van der Waals surface area contributed by atoms with Gasteiger partial charge in [0.25, 0.3) is 5.56 Å². The summed E-state index contributed by atoms with van der Waals surface area (Å²) in [5, 5.41) is 17.7. The van der Waals surface area contributed by atoms with Crippen molar-refractivity contribution in [3.8, 4) is 17.3 Å². The molecule has 0 atom stereocenters. The van der Waals surface area contributed by atoms with Gasteiger partial charge in [-0.1, -0.05) is 19.1 Å². The van der Waals surface area contributed by atoms with Gasteiger partial charge in [0.05, 0.1) is 17.3 Å². The Hall–Kier alpha value is -2.87. The molecule has 0 aliphatic rings. The third-order valence-corrected chi connectivity index (χ3v) is 3.04. The van der Waals surface area contributed by atoms with E-state index in [1.807, 2.05) is 13.0 Å². The number of H-pyrrole nitrogens is 1. The quantitative estimate of drug-likeness (QED) is 0.892. The normalized spacial score (nSPS) is 10.0. The molecule has 0 radical (unpaired) electrons. The lowest BCUT2D eigenvalue weighted by Gasteiger charge is -2.09. The molecule has 1 heterocycles. The summed E-state index contributed by atoms with van der Waals surface area (Å²) in [5.41, 5.74) is 1.71. The van der Waals surface area contributed by atoms with Gasteiger partial charge in [-0.3, -0.25) is 4.79 Å². The van der Waals surface area contributed by atoms with Crippen LogP contribution in [0.3, 0.4) is 0 Å². The van der Waals surface area contributed by atoms with Crippen molar-refractivity contribution in [2.24, 2.45) is 0 Å². The van der Waals surface area contributed by atoms with E-state index >= 15 is 0 Å². The molecule has 5 heteroatoms. The van der Waals surface area contributed by atoms with Crippen molar-refractivity contribution in [1.29, 1.82) is 5.26 Å². The summed E-state index contributed by atoms with van der Waals surface area (Å²) < 4.78 is 0. The maximum Gasteiger partial charge on any atom is 0.341 e. The number of benzene rings is 1. The van der Waals surface area contributed by atoms with Crippen LogP contribution in [0, 0.1) is 11.3 Å². The summed E-state index contributed by atoms with van der Waals surface area (Å²) in [4.78, 5) is 25.3. The number of nitrogens with zero attached hydrogens (tertiary/aromatic N) is 1. The van der Waals surface area contributed by atoms with Gasteiger partial charge in [0, 0.05) is 0 Å². The van der Waals surface area contributed by atoms with E-state index in [4.69, 9.17) is 10.4 Å². The molecule has 0 amide bonds. The lowest BCUT2D eigenvalue weighted by molar-refractivity contribution is 0.0695. The standard InChI is InChI=1S/C15H12N2O3/c1-2-10-7-12(15(19)20)14(18)17-13(10)11-5-3-9(8-16)4-6-11/h3-7H,2H2,1H3,(H,17,18)(H,19,20). The van der Waals surface area contributed by atoms with Crippen molar-refractivity contribution in [3.63, 3.8) is 0 Å². The molecule has 0 aliphatic heterocycles. The summed E-state index contributed by atoms with van der Waals surface area (Å²) in [6, 6.07) is 10.2. The molecule has 5 nitrogen and oxygen atoms in total. The number of aromatic nitrogens is 1. The Morgan fingerprint density at radius 2 is 2.00 bits per heavy atom. The molecular weight excluding hydrogens is 256 g/mol. The number of aromatic carboxylic acids is 1. The van der Waals surface area contributed by atoms with Crippen LogP contribution in [0.1, 0.15) is 28.4 Å². The zero-order chi connectivity index (χ0) is 14.7. The Labute approximate surface area is 115 Å². The maximum atomic E-state index is 11.8. The van der Waals surface area contributed by atoms with E-state index in [1.54, 1.807) is 24.3 Å². The van der Waals surface area contributed by atoms with Gasteiger partial charge < -0.3 is 10.1 Å². The van der Waals surface area contributed by atoms with Crippen LogP contribution < -0.4 is 5.56 Å². The molecule has 1 aromatic heterocycles. The lowest BCUT2D eigenvalue weighted by Crippen LogP contribution is -2.19. The van der Waals surface area contributed by atoms with Gasteiger partial charge in [0.2, 0.25) is 0 Å². The summed E-state index contributed by atoms with van der Waals surface area (Å²) >= 11 is 0. The molecule has 0 aliphatic carbocycles. The summed E-state index contributed by atoms with van der Waals surface area (Å²) in [6.07, 6.45) is 0.590. The summed E-state index contributed by atoms with van der Waals surface area (Å²) in [7, 11) is 0. The number of pyridine rings is 1. The first-order valence-corrected chi connectivity index (χ1v) is 6.06. The number of hydrogen-bond donors (Lipinski definition) is 2. The van der Waals surface area contributed by atoms with Crippen LogP contribution in [-0.2, 0) is 6.42 Å². The van der Waals surface area contributed by atoms with Gasteiger partial charge in [-0.25, -0.2) is 4.79 Å². The first-order chi connectivity index (χ1) is 9.56. The Kier molecular flexibility index (Phi) is 3.67. The highest BCUT2D eigenvalue weighted by molar-refractivity contribution is 5.88. The Morgan fingerprint density at radius 3 is 2.50 bits per heavy atom. The SMILES string of the molecule is CCc1cc(C(=O)O)c(=O)[nH]c1-c1ccc(C#N)cc1. The number of rotatable bonds is 3. The Balaban J connectivity index is 2.61. The zero-order valence-corrected chi connectivity index (χ0v) is 10.8. The monoisotopic (exact) mass is 268 g/mol. The molecule has 0 unspecified atom stereocenters. The second-order valence-electron chi connectivity index (χ2n) is 4.26. The number of aryl methyl sites for hydroxylation is 1. The number of hydrogen-bond acceptors (Lipinski definition) is 3. The molecule has 1 aromatic carbocycles. The van der Waals surface area contributed by atoms with E-state index in [0.717, 1.165) is 11.1 Å². The first kappa shape index (κ1) is 13.6. The zero-order valence-electron chi connectivity index (χ0n) is 10.8. The highest BCUT2D eigenvalue weighted by Gasteiger charge is 2.13. The number of carboxylic acids is 1. The smallest absolute Gasteiger partial charge is 0.341 e. The van der Waals surface area contributed by atoms with Crippen molar-refractivity contribution in [2.75, 3.05) is 0 Å². The van der Waals surface area contributed by atoms with E-state index in [1.165, 1.54) is 6.07 Å². The molecule has 0 bridgehead atoms. The number of nitrogens with one attached hydrogen (secondary N) is 1. The number of carbonyl (C=O) groups is 1.